The van der Waals surface area contributed by atoms with E-state index in [0.29, 0.717) is 29.8 Å². The van der Waals surface area contributed by atoms with Crippen LogP contribution in [0.2, 0.25) is 0 Å². The SMILES string of the molecule is CCNC(=S)N/N=C\c1cc(OCC)c(OCc2ccccc2)cc1Br. The molecule has 0 aromatic heterocycles. The summed E-state index contributed by atoms with van der Waals surface area (Å²) in [6.45, 7) is 5.67. The van der Waals surface area contributed by atoms with E-state index in [2.05, 4.69) is 31.8 Å². The fraction of sp³-hybridized carbons (Fsp3) is 0.263. The molecule has 2 aromatic rings. The number of benzene rings is 2. The summed E-state index contributed by atoms with van der Waals surface area (Å²) in [6.07, 6.45) is 1.68. The molecular formula is C19H22BrN3O2S. The highest BCUT2D eigenvalue weighted by Gasteiger charge is 2.10. The Morgan fingerprint density at radius 1 is 1.15 bits per heavy atom. The topological polar surface area (TPSA) is 54.9 Å². The number of hydrazone groups is 1. The molecule has 0 aliphatic carbocycles. The van der Waals surface area contributed by atoms with Crippen molar-refractivity contribution in [1.82, 2.24) is 10.7 Å². The smallest absolute Gasteiger partial charge is 0.186 e. The van der Waals surface area contributed by atoms with Gasteiger partial charge in [0.25, 0.3) is 0 Å². The van der Waals surface area contributed by atoms with Crippen LogP contribution in [0.15, 0.2) is 52.0 Å². The van der Waals surface area contributed by atoms with Gasteiger partial charge < -0.3 is 14.8 Å². The molecule has 2 aromatic carbocycles. The summed E-state index contributed by atoms with van der Waals surface area (Å²) in [7, 11) is 0. The van der Waals surface area contributed by atoms with Gasteiger partial charge in [-0.2, -0.15) is 5.10 Å². The van der Waals surface area contributed by atoms with Gasteiger partial charge >= 0.3 is 0 Å². The molecule has 0 fully saturated rings. The quantitative estimate of drug-likeness (QED) is 0.368. The van der Waals surface area contributed by atoms with Gasteiger partial charge in [-0.15, -0.1) is 0 Å². The molecule has 0 radical (unpaired) electrons. The molecule has 0 spiro atoms. The first kappa shape index (κ1) is 20.2. The molecule has 0 saturated carbocycles. The maximum Gasteiger partial charge on any atom is 0.186 e. The van der Waals surface area contributed by atoms with E-state index in [4.69, 9.17) is 21.7 Å². The summed E-state index contributed by atoms with van der Waals surface area (Å²) in [5.41, 5.74) is 4.72. The van der Waals surface area contributed by atoms with Gasteiger partial charge in [0.15, 0.2) is 16.6 Å². The summed E-state index contributed by atoms with van der Waals surface area (Å²) in [5.74, 6) is 1.35. The Morgan fingerprint density at radius 2 is 1.88 bits per heavy atom. The van der Waals surface area contributed by atoms with E-state index < -0.39 is 0 Å². The number of rotatable bonds is 8. The average molecular weight is 436 g/mol. The molecule has 0 bridgehead atoms. The molecule has 0 atom stereocenters. The highest BCUT2D eigenvalue weighted by molar-refractivity contribution is 9.10. The van der Waals surface area contributed by atoms with Crippen molar-refractivity contribution in [2.45, 2.75) is 20.5 Å². The summed E-state index contributed by atoms with van der Waals surface area (Å²) in [4.78, 5) is 0. The third kappa shape index (κ3) is 6.31. The Bertz CT molecular complexity index is 754. The highest BCUT2D eigenvalue weighted by atomic mass is 79.9. The second-order valence-corrected chi connectivity index (χ2v) is 6.52. The first-order valence-corrected chi connectivity index (χ1v) is 9.54. The zero-order valence-corrected chi connectivity index (χ0v) is 17.2. The largest absolute Gasteiger partial charge is 0.490 e. The normalized spacial score (nSPS) is 10.6. The van der Waals surface area contributed by atoms with Crippen molar-refractivity contribution in [3.63, 3.8) is 0 Å². The monoisotopic (exact) mass is 435 g/mol. The number of hydrogen-bond acceptors (Lipinski definition) is 4. The Kier molecular flexibility index (Phi) is 8.37. The van der Waals surface area contributed by atoms with Crippen LogP contribution in [0.4, 0.5) is 0 Å². The molecule has 0 aliphatic heterocycles. The lowest BCUT2D eigenvalue weighted by molar-refractivity contribution is 0.269. The van der Waals surface area contributed by atoms with Gasteiger partial charge in [-0.3, -0.25) is 5.43 Å². The van der Waals surface area contributed by atoms with Crippen LogP contribution in [0.3, 0.4) is 0 Å². The molecule has 0 heterocycles. The second kappa shape index (κ2) is 10.8. The van der Waals surface area contributed by atoms with Gasteiger partial charge in [-0.25, -0.2) is 0 Å². The van der Waals surface area contributed by atoms with E-state index in [0.717, 1.165) is 22.1 Å². The third-order valence-corrected chi connectivity index (χ3v) is 4.23. The van der Waals surface area contributed by atoms with Crippen LogP contribution in [0.1, 0.15) is 25.0 Å². The Morgan fingerprint density at radius 3 is 2.58 bits per heavy atom. The maximum atomic E-state index is 5.94. The van der Waals surface area contributed by atoms with Gasteiger partial charge in [0, 0.05) is 16.6 Å². The van der Waals surface area contributed by atoms with E-state index in [1.165, 1.54) is 0 Å². The van der Waals surface area contributed by atoms with Crippen molar-refractivity contribution in [1.29, 1.82) is 0 Å². The fourth-order valence-electron chi connectivity index (χ4n) is 2.13. The van der Waals surface area contributed by atoms with Gasteiger partial charge in [0.2, 0.25) is 0 Å². The third-order valence-electron chi connectivity index (χ3n) is 3.31. The minimum absolute atomic E-state index is 0.472. The second-order valence-electron chi connectivity index (χ2n) is 5.26. The van der Waals surface area contributed by atoms with Crippen molar-refractivity contribution in [3.8, 4) is 11.5 Å². The molecule has 138 valence electrons. The maximum absolute atomic E-state index is 5.94. The van der Waals surface area contributed by atoms with E-state index >= 15 is 0 Å². The minimum Gasteiger partial charge on any atom is -0.490 e. The predicted octanol–water partition coefficient (Wildman–Crippen LogP) is 4.24. The summed E-state index contributed by atoms with van der Waals surface area (Å²) in [5, 5.41) is 7.59. The fourth-order valence-corrected chi connectivity index (χ4v) is 2.75. The minimum atomic E-state index is 0.472. The predicted molar refractivity (Wildman–Crippen MR) is 113 cm³/mol. The summed E-state index contributed by atoms with van der Waals surface area (Å²) in [6, 6.07) is 13.8. The van der Waals surface area contributed by atoms with Gasteiger partial charge in [-0.05, 0) is 59.7 Å². The van der Waals surface area contributed by atoms with Crippen molar-refractivity contribution >= 4 is 39.5 Å². The molecule has 0 saturated heterocycles. The number of ether oxygens (including phenoxy) is 2. The molecule has 0 aliphatic rings. The first-order chi connectivity index (χ1) is 12.6. The number of nitrogens with zero attached hydrogens (tertiary/aromatic N) is 1. The highest BCUT2D eigenvalue weighted by Crippen LogP contribution is 2.33. The first-order valence-electron chi connectivity index (χ1n) is 8.34. The lowest BCUT2D eigenvalue weighted by Gasteiger charge is -2.14. The van der Waals surface area contributed by atoms with Gasteiger partial charge in [0.05, 0.1) is 12.8 Å². The van der Waals surface area contributed by atoms with Gasteiger partial charge in [0.1, 0.15) is 6.61 Å². The molecule has 26 heavy (non-hydrogen) atoms. The van der Waals surface area contributed by atoms with Crippen LogP contribution < -0.4 is 20.2 Å². The molecule has 0 amide bonds. The van der Waals surface area contributed by atoms with E-state index in [9.17, 15) is 0 Å². The van der Waals surface area contributed by atoms with E-state index in [1.807, 2.05) is 56.3 Å². The van der Waals surface area contributed by atoms with Crippen LogP contribution in [0.5, 0.6) is 11.5 Å². The Hall–Kier alpha value is -2.12. The standard InChI is InChI=1S/C19H22BrN3O2S/c1-3-21-19(26)23-22-12-15-10-17(24-4-2)18(11-16(15)20)25-13-14-8-6-5-7-9-14/h5-12H,3-4,13H2,1-2H3,(H2,21,23,26)/b22-12-. The van der Waals surface area contributed by atoms with Crippen molar-refractivity contribution in [2.75, 3.05) is 13.2 Å². The Labute approximate surface area is 167 Å². The van der Waals surface area contributed by atoms with Crippen molar-refractivity contribution in [3.05, 3.63) is 58.1 Å². The molecule has 0 unspecified atom stereocenters. The molecular weight excluding hydrogens is 414 g/mol. The number of thiocarbonyl (C=S) groups is 1. The summed E-state index contributed by atoms with van der Waals surface area (Å²) < 4.78 is 12.5. The number of hydrogen-bond donors (Lipinski definition) is 2. The van der Waals surface area contributed by atoms with Crippen LogP contribution in [0, 0.1) is 0 Å². The molecule has 7 heteroatoms. The van der Waals surface area contributed by atoms with Crippen molar-refractivity contribution in [2.24, 2.45) is 5.10 Å². The van der Waals surface area contributed by atoms with Crippen LogP contribution in [0.25, 0.3) is 0 Å². The number of nitrogens with one attached hydrogen (secondary N) is 2. The zero-order valence-electron chi connectivity index (χ0n) is 14.8. The lowest BCUT2D eigenvalue weighted by atomic mass is 10.2. The van der Waals surface area contributed by atoms with Crippen LogP contribution in [-0.4, -0.2) is 24.5 Å². The molecule has 2 N–H and O–H groups in total. The molecule has 5 nitrogen and oxygen atoms in total. The average Bonchev–Trinajstić information content (AvgIpc) is 2.64. The lowest BCUT2D eigenvalue weighted by Crippen LogP contribution is -2.31. The Balaban J connectivity index is 2.13. The number of halogens is 1. The van der Waals surface area contributed by atoms with E-state index in [-0.39, 0.29) is 0 Å². The van der Waals surface area contributed by atoms with Crippen LogP contribution in [-0.2, 0) is 6.61 Å². The summed E-state index contributed by atoms with van der Waals surface area (Å²) >= 11 is 8.63. The van der Waals surface area contributed by atoms with Crippen LogP contribution >= 0.6 is 28.1 Å². The van der Waals surface area contributed by atoms with Gasteiger partial charge in [-0.1, -0.05) is 30.3 Å². The zero-order chi connectivity index (χ0) is 18.8. The molecule has 2 rings (SSSR count). The van der Waals surface area contributed by atoms with E-state index in [1.54, 1.807) is 6.21 Å². The van der Waals surface area contributed by atoms with Crippen molar-refractivity contribution < 1.29 is 9.47 Å².